The van der Waals surface area contributed by atoms with Crippen molar-refractivity contribution in [2.75, 3.05) is 16.6 Å². The summed E-state index contributed by atoms with van der Waals surface area (Å²) in [7, 11) is -3.65. The first-order chi connectivity index (χ1) is 18.6. The Morgan fingerprint density at radius 1 is 1.05 bits per heavy atom. The third-order valence-electron chi connectivity index (χ3n) is 6.82. The van der Waals surface area contributed by atoms with E-state index >= 15 is 0 Å². The number of nitrogens with one attached hydrogen (secondary N) is 2. The van der Waals surface area contributed by atoms with Crippen LogP contribution in [0.3, 0.4) is 0 Å². The maximum absolute atomic E-state index is 14.1. The van der Waals surface area contributed by atoms with Gasteiger partial charge in [0.05, 0.1) is 41.1 Å². The van der Waals surface area contributed by atoms with Gasteiger partial charge in [0.25, 0.3) is 0 Å². The van der Waals surface area contributed by atoms with E-state index < -0.39 is 45.4 Å². The first kappa shape index (κ1) is 26.8. The lowest BCUT2D eigenvalue weighted by Gasteiger charge is -2.38. The van der Waals surface area contributed by atoms with Crippen LogP contribution in [0.1, 0.15) is 51.1 Å². The van der Waals surface area contributed by atoms with Crippen LogP contribution in [-0.4, -0.2) is 57.0 Å². The number of anilines is 2. The first-order valence-corrected chi connectivity index (χ1v) is 14.1. The summed E-state index contributed by atoms with van der Waals surface area (Å²) in [6.07, 6.45) is 5.57. The Kier molecular flexibility index (Phi) is 7.14. The summed E-state index contributed by atoms with van der Waals surface area (Å²) < 4.78 is 60.8. The van der Waals surface area contributed by atoms with Crippen molar-refractivity contribution in [2.24, 2.45) is 0 Å². The van der Waals surface area contributed by atoms with Gasteiger partial charge in [-0.2, -0.15) is 0 Å². The van der Waals surface area contributed by atoms with Crippen LogP contribution in [0.4, 0.5) is 20.5 Å². The Hall–Kier alpha value is -3.81. The molecule has 3 aromatic rings. The van der Waals surface area contributed by atoms with Gasteiger partial charge in [-0.05, 0) is 50.8 Å². The number of ether oxygens (including phenoxy) is 1. The lowest BCUT2D eigenvalue weighted by Crippen LogP contribution is -2.46. The monoisotopic (exact) mass is 559 g/mol. The Morgan fingerprint density at radius 3 is 2.49 bits per heavy atom. The number of alkyl halides is 2. The van der Waals surface area contributed by atoms with Crippen molar-refractivity contribution in [1.29, 1.82) is 0 Å². The van der Waals surface area contributed by atoms with Gasteiger partial charge in [0.2, 0.25) is 33.7 Å². The number of rotatable bonds is 9. The van der Waals surface area contributed by atoms with E-state index in [9.17, 15) is 22.0 Å². The minimum atomic E-state index is -3.65. The van der Waals surface area contributed by atoms with Gasteiger partial charge in [0.1, 0.15) is 5.82 Å². The number of nitrogens with zero attached hydrogens (tertiary/aromatic N) is 5. The Bertz CT molecular complexity index is 1460. The van der Waals surface area contributed by atoms with Crippen LogP contribution in [0.5, 0.6) is 5.88 Å². The van der Waals surface area contributed by atoms with E-state index in [4.69, 9.17) is 4.74 Å². The maximum Gasteiger partial charge on any atom is 0.248 e. The van der Waals surface area contributed by atoms with Crippen molar-refractivity contribution in [3.05, 3.63) is 48.7 Å². The number of sulfonamides is 1. The zero-order valence-electron chi connectivity index (χ0n) is 21.1. The Balaban J connectivity index is 1.39. The zero-order chi connectivity index (χ0) is 27.7. The van der Waals surface area contributed by atoms with Crippen molar-refractivity contribution >= 4 is 27.7 Å². The fourth-order valence-electron chi connectivity index (χ4n) is 4.47. The van der Waals surface area contributed by atoms with E-state index in [1.807, 2.05) is 6.92 Å². The highest BCUT2D eigenvalue weighted by Crippen LogP contribution is 2.45. The van der Waals surface area contributed by atoms with Crippen LogP contribution in [0.2, 0.25) is 0 Å². The molecule has 0 atom stereocenters. The minimum Gasteiger partial charge on any atom is -0.477 e. The fourth-order valence-corrected chi connectivity index (χ4v) is 5.74. The summed E-state index contributed by atoms with van der Waals surface area (Å²) in [6, 6.07) is 4.72. The molecule has 0 spiro atoms. The Labute approximate surface area is 223 Å². The molecule has 206 valence electrons. The molecule has 2 aliphatic rings. The summed E-state index contributed by atoms with van der Waals surface area (Å²) in [5, 5.41) is 2.23. The first-order valence-electron chi connectivity index (χ1n) is 12.6. The SMILES string of the molecule is CCOc1cncc(-c2ccc(NC(=O)C3(c4ccnc(NS(=O)(=O)C5CC5)n4)CCC(F)(F)CC3)nc2)n1. The van der Waals surface area contributed by atoms with E-state index in [1.165, 1.54) is 24.7 Å². The molecular formula is C25H27F2N7O4S. The predicted octanol–water partition coefficient (Wildman–Crippen LogP) is 3.72. The van der Waals surface area contributed by atoms with Crippen molar-refractivity contribution < 1.29 is 26.7 Å². The number of hydrogen-bond acceptors (Lipinski definition) is 9. The highest BCUT2D eigenvalue weighted by atomic mass is 32.2. The Morgan fingerprint density at radius 2 is 1.82 bits per heavy atom. The molecule has 2 N–H and O–H groups in total. The molecule has 5 rings (SSSR count). The van der Waals surface area contributed by atoms with Crippen molar-refractivity contribution in [1.82, 2.24) is 24.9 Å². The van der Waals surface area contributed by atoms with Gasteiger partial charge < -0.3 is 10.1 Å². The number of carbonyl (C=O) groups is 1. The fraction of sp³-hybridized carbons (Fsp3) is 0.440. The third-order valence-corrected chi connectivity index (χ3v) is 8.63. The zero-order valence-corrected chi connectivity index (χ0v) is 21.9. The smallest absolute Gasteiger partial charge is 0.248 e. The van der Waals surface area contributed by atoms with Gasteiger partial charge in [-0.1, -0.05) is 0 Å². The molecule has 3 heterocycles. The van der Waals surface area contributed by atoms with E-state index in [2.05, 4.69) is 35.0 Å². The molecule has 0 aliphatic heterocycles. The lowest BCUT2D eigenvalue weighted by molar-refractivity contribution is -0.127. The molecule has 0 radical (unpaired) electrons. The summed E-state index contributed by atoms with van der Waals surface area (Å²) in [5.74, 6) is -3.09. The van der Waals surface area contributed by atoms with E-state index in [0.717, 1.165) is 0 Å². The standard InChI is InChI=1S/C25H27F2N7O4S/c1-2-38-21-15-28-14-18(31-21)16-3-6-20(30-13-16)33-22(35)24(8-10-25(26,27)11-9-24)19-7-12-29-23(32-19)34-39(36,37)17-4-5-17/h3,6-7,12-15,17H,2,4-5,8-11H2,1H3,(H,29,32,34)(H,30,33,35). The lowest BCUT2D eigenvalue weighted by atomic mass is 9.69. The number of amides is 1. The van der Waals surface area contributed by atoms with Gasteiger partial charge in [0, 0.05) is 30.8 Å². The molecule has 3 aromatic heterocycles. The molecule has 2 saturated carbocycles. The van der Waals surface area contributed by atoms with Crippen molar-refractivity contribution in [2.45, 2.75) is 62.0 Å². The number of carbonyl (C=O) groups excluding carboxylic acids is 1. The van der Waals surface area contributed by atoms with E-state index in [-0.39, 0.29) is 30.3 Å². The summed E-state index contributed by atoms with van der Waals surface area (Å²) in [5.41, 5.74) is -0.0993. The maximum atomic E-state index is 14.1. The van der Waals surface area contributed by atoms with E-state index in [0.29, 0.717) is 36.6 Å². The normalized spacial score (nSPS) is 18.2. The number of aromatic nitrogens is 5. The molecule has 2 aliphatic carbocycles. The molecule has 39 heavy (non-hydrogen) atoms. The van der Waals surface area contributed by atoms with Crippen LogP contribution in [0.15, 0.2) is 43.0 Å². The average molecular weight is 560 g/mol. The topological polar surface area (TPSA) is 149 Å². The third kappa shape index (κ3) is 5.95. The number of halogens is 2. The number of pyridine rings is 1. The quantitative estimate of drug-likeness (QED) is 0.400. The largest absolute Gasteiger partial charge is 0.477 e. The summed E-state index contributed by atoms with van der Waals surface area (Å²) >= 11 is 0. The van der Waals surface area contributed by atoms with Gasteiger partial charge in [-0.15, -0.1) is 0 Å². The highest BCUT2D eigenvalue weighted by molar-refractivity contribution is 7.93. The van der Waals surface area contributed by atoms with Crippen LogP contribution in [-0.2, 0) is 20.2 Å². The second-order valence-corrected chi connectivity index (χ2v) is 11.6. The molecule has 11 nitrogen and oxygen atoms in total. The van der Waals surface area contributed by atoms with Crippen molar-refractivity contribution in [3.8, 4) is 17.1 Å². The van der Waals surface area contributed by atoms with Gasteiger partial charge >= 0.3 is 0 Å². The molecule has 0 saturated heterocycles. The summed E-state index contributed by atoms with van der Waals surface area (Å²) in [6.45, 7) is 2.28. The molecule has 2 fully saturated rings. The molecule has 14 heteroatoms. The predicted molar refractivity (Wildman–Crippen MR) is 138 cm³/mol. The second kappa shape index (κ2) is 10.4. The minimum absolute atomic E-state index is 0.165. The van der Waals surface area contributed by atoms with Gasteiger partial charge in [-0.3, -0.25) is 14.5 Å². The van der Waals surface area contributed by atoms with Crippen LogP contribution in [0, 0.1) is 0 Å². The van der Waals surface area contributed by atoms with Crippen molar-refractivity contribution in [3.63, 3.8) is 0 Å². The van der Waals surface area contributed by atoms with Gasteiger partial charge in [0.15, 0.2) is 0 Å². The van der Waals surface area contributed by atoms with Crippen LogP contribution < -0.4 is 14.8 Å². The average Bonchev–Trinajstić information content (AvgIpc) is 3.76. The van der Waals surface area contributed by atoms with E-state index in [1.54, 1.807) is 18.3 Å². The van der Waals surface area contributed by atoms with Gasteiger partial charge in [-0.25, -0.2) is 37.1 Å². The van der Waals surface area contributed by atoms with Crippen LogP contribution >= 0.6 is 0 Å². The number of hydrogen-bond donors (Lipinski definition) is 2. The summed E-state index contributed by atoms with van der Waals surface area (Å²) in [4.78, 5) is 34.7. The molecule has 1 amide bonds. The molecular weight excluding hydrogens is 532 g/mol. The second-order valence-electron chi connectivity index (χ2n) is 9.61. The molecule has 0 aromatic carbocycles. The molecule has 0 unspecified atom stereocenters. The molecule has 0 bridgehead atoms. The highest BCUT2D eigenvalue weighted by Gasteiger charge is 2.50. The van der Waals surface area contributed by atoms with Crippen LogP contribution in [0.25, 0.3) is 11.3 Å².